The van der Waals surface area contributed by atoms with Crippen molar-refractivity contribution < 1.29 is 0 Å². The predicted molar refractivity (Wildman–Crippen MR) is 80.0 cm³/mol. The minimum absolute atomic E-state index is 0.952. The third kappa shape index (κ3) is 2.08. The van der Waals surface area contributed by atoms with E-state index in [1.54, 1.807) is 0 Å². The number of fused-ring (bicyclic) bond motifs is 1. The molecular formula is C16H14BrN. The number of hydrogen-bond acceptors (Lipinski definition) is 0. The summed E-state index contributed by atoms with van der Waals surface area (Å²) < 4.78 is 1.12. The third-order valence-electron chi connectivity index (χ3n) is 3.36. The summed E-state index contributed by atoms with van der Waals surface area (Å²) >= 11 is 3.47. The molecule has 1 N–H and O–H groups in total. The van der Waals surface area contributed by atoms with Crippen molar-refractivity contribution in [1.82, 2.24) is 4.98 Å². The summed E-state index contributed by atoms with van der Waals surface area (Å²) in [5, 5.41) is 1.32. The lowest BCUT2D eigenvalue weighted by Gasteiger charge is -2.01. The second kappa shape index (κ2) is 4.62. The van der Waals surface area contributed by atoms with Crippen LogP contribution in [0.1, 0.15) is 16.8 Å². The van der Waals surface area contributed by atoms with Gasteiger partial charge in [-0.25, -0.2) is 0 Å². The van der Waals surface area contributed by atoms with Gasteiger partial charge in [0.1, 0.15) is 0 Å². The lowest BCUT2D eigenvalue weighted by molar-refractivity contribution is 1.09. The average molecular weight is 300 g/mol. The smallest absolute Gasteiger partial charge is 0.0458 e. The van der Waals surface area contributed by atoms with Gasteiger partial charge in [-0.1, -0.05) is 46.3 Å². The zero-order chi connectivity index (χ0) is 12.5. The van der Waals surface area contributed by atoms with Gasteiger partial charge >= 0.3 is 0 Å². The molecule has 3 aromatic rings. The van der Waals surface area contributed by atoms with Gasteiger partial charge in [0.15, 0.2) is 0 Å². The molecule has 0 bridgehead atoms. The maximum absolute atomic E-state index is 3.52. The lowest BCUT2D eigenvalue weighted by atomic mass is 10.1. The van der Waals surface area contributed by atoms with E-state index in [1.165, 1.54) is 27.7 Å². The van der Waals surface area contributed by atoms with Crippen LogP contribution in [0.15, 0.2) is 53.0 Å². The van der Waals surface area contributed by atoms with Gasteiger partial charge in [-0.15, -0.1) is 0 Å². The number of para-hydroxylation sites is 1. The quantitative estimate of drug-likeness (QED) is 0.697. The van der Waals surface area contributed by atoms with Crippen molar-refractivity contribution in [1.29, 1.82) is 0 Å². The molecule has 1 heterocycles. The normalized spacial score (nSPS) is 11.0. The van der Waals surface area contributed by atoms with Gasteiger partial charge < -0.3 is 4.98 Å². The topological polar surface area (TPSA) is 15.8 Å². The first-order valence-corrected chi connectivity index (χ1v) is 6.84. The van der Waals surface area contributed by atoms with Gasteiger partial charge in [0.25, 0.3) is 0 Å². The van der Waals surface area contributed by atoms with Crippen molar-refractivity contribution in [3.05, 3.63) is 69.8 Å². The zero-order valence-corrected chi connectivity index (χ0v) is 11.8. The number of hydrogen-bond donors (Lipinski definition) is 1. The van der Waals surface area contributed by atoms with Gasteiger partial charge in [0.2, 0.25) is 0 Å². The second-order valence-corrected chi connectivity index (χ2v) is 5.49. The van der Waals surface area contributed by atoms with Crippen LogP contribution in [0.3, 0.4) is 0 Å². The summed E-state index contributed by atoms with van der Waals surface area (Å²) in [6, 6.07) is 17.0. The fourth-order valence-corrected chi connectivity index (χ4v) is 2.59. The largest absolute Gasteiger partial charge is 0.358 e. The first-order valence-electron chi connectivity index (χ1n) is 6.04. The Labute approximate surface area is 115 Å². The number of rotatable bonds is 2. The van der Waals surface area contributed by atoms with E-state index < -0.39 is 0 Å². The van der Waals surface area contributed by atoms with Crippen LogP contribution in [0.5, 0.6) is 0 Å². The van der Waals surface area contributed by atoms with Crippen LogP contribution < -0.4 is 0 Å². The minimum atomic E-state index is 0.952. The number of nitrogens with one attached hydrogen (secondary N) is 1. The predicted octanol–water partition coefficient (Wildman–Crippen LogP) is 4.83. The van der Waals surface area contributed by atoms with Crippen LogP contribution in [0.25, 0.3) is 10.9 Å². The van der Waals surface area contributed by atoms with E-state index in [-0.39, 0.29) is 0 Å². The molecule has 0 fully saturated rings. The number of aromatic amines is 1. The number of halogens is 1. The molecule has 90 valence electrons. The van der Waals surface area contributed by atoms with E-state index >= 15 is 0 Å². The highest BCUT2D eigenvalue weighted by molar-refractivity contribution is 9.10. The van der Waals surface area contributed by atoms with Gasteiger partial charge in [-0.3, -0.25) is 0 Å². The van der Waals surface area contributed by atoms with Crippen LogP contribution in [0.4, 0.5) is 0 Å². The summed E-state index contributed by atoms with van der Waals surface area (Å²) in [5.74, 6) is 0. The maximum Gasteiger partial charge on any atom is 0.0458 e. The summed E-state index contributed by atoms with van der Waals surface area (Å²) in [5.41, 5.74) is 5.21. The van der Waals surface area contributed by atoms with Crippen molar-refractivity contribution in [2.24, 2.45) is 0 Å². The molecular weight excluding hydrogens is 286 g/mol. The fraction of sp³-hybridized carbons (Fsp3) is 0.125. The van der Waals surface area contributed by atoms with Gasteiger partial charge in [-0.05, 0) is 36.2 Å². The Bertz CT molecular complexity index is 680. The van der Waals surface area contributed by atoms with Crippen LogP contribution in [-0.4, -0.2) is 4.98 Å². The molecule has 0 spiro atoms. The second-order valence-electron chi connectivity index (χ2n) is 4.58. The Kier molecular flexibility index (Phi) is 2.96. The van der Waals surface area contributed by atoms with Crippen LogP contribution in [0, 0.1) is 6.92 Å². The standard InChI is InChI=1S/C16H14BrN/c1-11-14-4-2-3-5-15(14)18-16(11)10-12-6-8-13(17)9-7-12/h2-9,18H,10H2,1H3. The molecule has 18 heavy (non-hydrogen) atoms. The summed E-state index contributed by atoms with van der Waals surface area (Å²) in [6.45, 7) is 2.19. The molecule has 0 aliphatic rings. The van der Waals surface area contributed by atoms with Crippen molar-refractivity contribution in [3.63, 3.8) is 0 Å². The molecule has 0 unspecified atom stereocenters. The van der Waals surface area contributed by atoms with Crippen LogP contribution in [0.2, 0.25) is 0 Å². The van der Waals surface area contributed by atoms with E-state index in [9.17, 15) is 0 Å². The third-order valence-corrected chi connectivity index (χ3v) is 3.89. The highest BCUT2D eigenvalue weighted by Crippen LogP contribution is 2.23. The molecule has 0 amide bonds. The van der Waals surface area contributed by atoms with E-state index in [2.05, 4.69) is 76.4 Å². The minimum Gasteiger partial charge on any atom is -0.358 e. The number of aromatic nitrogens is 1. The first kappa shape index (κ1) is 11.5. The number of H-pyrrole nitrogens is 1. The van der Waals surface area contributed by atoms with Gasteiger partial charge in [0.05, 0.1) is 0 Å². The van der Waals surface area contributed by atoms with Crippen LogP contribution >= 0.6 is 15.9 Å². The first-order chi connectivity index (χ1) is 8.74. The Morgan fingerprint density at radius 3 is 2.44 bits per heavy atom. The zero-order valence-electron chi connectivity index (χ0n) is 10.2. The number of benzene rings is 2. The van der Waals surface area contributed by atoms with Crippen molar-refractivity contribution in [2.45, 2.75) is 13.3 Å². The highest BCUT2D eigenvalue weighted by atomic mass is 79.9. The van der Waals surface area contributed by atoms with Crippen molar-refractivity contribution in [3.8, 4) is 0 Å². The van der Waals surface area contributed by atoms with E-state index in [0.717, 1.165) is 10.9 Å². The van der Waals surface area contributed by atoms with Crippen molar-refractivity contribution >= 4 is 26.8 Å². The summed E-state index contributed by atoms with van der Waals surface area (Å²) in [7, 11) is 0. The molecule has 0 atom stereocenters. The molecule has 2 aromatic carbocycles. The monoisotopic (exact) mass is 299 g/mol. The van der Waals surface area contributed by atoms with Crippen LogP contribution in [-0.2, 0) is 6.42 Å². The van der Waals surface area contributed by atoms with E-state index in [4.69, 9.17) is 0 Å². The fourth-order valence-electron chi connectivity index (χ4n) is 2.32. The highest BCUT2D eigenvalue weighted by Gasteiger charge is 2.07. The van der Waals surface area contributed by atoms with Crippen molar-refractivity contribution in [2.75, 3.05) is 0 Å². The Morgan fingerprint density at radius 1 is 1.00 bits per heavy atom. The molecule has 0 aliphatic heterocycles. The van der Waals surface area contributed by atoms with Gasteiger partial charge in [0, 0.05) is 27.5 Å². The molecule has 0 saturated carbocycles. The molecule has 0 radical (unpaired) electrons. The lowest BCUT2D eigenvalue weighted by Crippen LogP contribution is -1.90. The Hall–Kier alpha value is -1.54. The van der Waals surface area contributed by atoms with E-state index in [0.29, 0.717) is 0 Å². The molecule has 3 rings (SSSR count). The molecule has 1 aromatic heterocycles. The molecule has 0 saturated heterocycles. The van der Waals surface area contributed by atoms with E-state index in [1.807, 2.05) is 0 Å². The Morgan fingerprint density at radius 2 is 1.72 bits per heavy atom. The SMILES string of the molecule is Cc1c(Cc2ccc(Br)cc2)[nH]c2ccccc12. The maximum atomic E-state index is 3.52. The molecule has 0 aliphatic carbocycles. The molecule has 1 nitrogen and oxygen atoms in total. The average Bonchev–Trinajstić information content (AvgIpc) is 2.70. The summed E-state index contributed by atoms with van der Waals surface area (Å²) in [4.78, 5) is 3.52. The summed E-state index contributed by atoms with van der Waals surface area (Å²) in [6.07, 6.45) is 0.952. The Balaban J connectivity index is 1.99. The number of aryl methyl sites for hydroxylation is 1. The molecule has 2 heteroatoms. The van der Waals surface area contributed by atoms with Gasteiger partial charge in [-0.2, -0.15) is 0 Å².